The molecule has 1 N–H and O–H groups in total. The highest BCUT2D eigenvalue weighted by atomic mass is 35.5. The maximum Gasteiger partial charge on any atom is 0.158 e. The van der Waals surface area contributed by atoms with Crippen LogP contribution in [0.3, 0.4) is 0 Å². The molecule has 1 saturated heterocycles. The Hall–Kier alpha value is -0.770. The SMILES string of the molecule is CCCCOC1CCC2C(O1)c1ccccc1NC2C1CCCCC1.Cl. The molecule has 26 heavy (non-hydrogen) atoms. The maximum absolute atomic E-state index is 6.52. The van der Waals surface area contributed by atoms with E-state index in [0.717, 1.165) is 25.4 Å². The third kappa shape index (κ3) is 4.21. The Morgan fingerprint density at radius 2 is 1.88 bits per heavy atom. The molecule has 0 bridgehead atoms. The van der Waals surface area contributed by atoms with Crippen LogP contribution >= 0.6 is 12.4 Å². The zero-order chi connectivity index (χ0) is 17.1. The van der Waals surface area contributed by atoms with Crippen LogP contribution in [0.15, 0.2) is 24.3 Å². The Kier molecular flexibility index (Phi) is 7.25. The van der Waals surface area contributed by atoms with Crippen molar-refractivity contribution in [3.8, 4) is 0 Å². The lowest BCUT2D eigenvalue weighted by molar-refractivity contribution is -0.217. The lowest BCUT2D eigenvalue weighted by Crippen LogP contribution is -2.47. The molecule has 2 fully saturated rings. The number of hydrogen-bond donors (Lipinski definition) is 1. The molecule has 4 unspecified atom stereocenters. The fraction of sp³-hybridized carbons (Fsp3) is 0.727. The molecule has 1 saturated carbocycles. The smallest absolute Gasteiger partial charge is 0.158 e. The number of rotatable bonds is 5. The Morgan fingerprint density at radius 3 is 2.69 bits per heavy atom. The van der Waals surface area contributed by atoms with Crippen molar-refractivity contribution in [1.82, 2.24) is 0 Å². The van der Waals surface area contributed by atoms with E-state index in [2.05, 4.69) is 36.5 Å². The number of hydrogen-bond acceptors (Lipinski definition) is 3. The van der Waals surface area contributed by atoms with Crippen LogP contribution in [0.4, 0.5) is 5.69 Å². The van der Waals surface area contributed by atoms with E-state index in [0.29, 0.717) is 12.0 Å². The predicted molar refractivity (Wildman–Crippen MR) is 109 cm³/mol. The van der Waals surface area contributed by atoms with Crippen molar-refractivity contribution in [3.05, 3.63) is 29.8 Å². The minimum absolute atomic E-state index is 0. The number of nitrogens with one attached hydrogen (secondary N) is 1. The van der Waals surface area contributed by atoms with E-state index in [1.807, 2.05) is 0 Å². The first kappa shape index (κ1) is 20.0. The van der Waals surface area contributed by atoms with Gasteiger partial charge in [-0.15, -0.1) is 12.4 Å². The van der Waals surface area contributed by atoms with Gasteiger partial charge in [-0.25, -0.2) is 0 Å². The van der Waals surface area contributed by atoms with Crippen LogP contribution in [-0.4, -0.2) is 18.9 Å². The van der Waals surface area contributed by atoms with Gasteiger partial charge in [-0.2, -0.15) is 0 Å². The molecule has 1 aliphatic carbocycles. The molecule has 2 heterocycles. The molecule has 3 nitrogen and oxygen atoms in total. The summed E-state index contributed by atoms with van der Waals surface area (Å²) >= 11 is 0. The fourth-order valence-electron chi connectivity index (χ4n) is 5.09. The number of unbranched alkanes of at least 4 members (excludes halogenated alkanes) is 1. The maximum atomic E-state index is 6.52. The minimum Gasteiger partial charge on any atom is -0.381 e. The lowest BCUT2D eigenvalue weighted by atomic mass is 9.71. The molecule has 3 aliphatic rings. The summed E-state index contributed by atoms with van der Waals surface area (Å²) in [4.78, 5) is 0. The van der Waals surface area contributed by atoms with E-state index >= 15 is 0 Å². The van der Waals surface area contributed by atoms with Crippen LogP contribution in [0.25, 0.3) is 0 Å². The first-order valence-corrected chi connectivity index (χ1v) is 10.5. The average Bonchev–Trinajstić information content (AvgIpc) is 2.68. The van der Waals surface area contributed by atoms with Gasteiger partial charge >= 0.3 is 0 Å². The second-order valence-electron chi connectivity index (χ2n) is 8.11. The molecule has 2 aliphatic heterocycles. The van der Waals surface area contributed by atoms with Gasteiger partial charge in [0.1, 0.15) is 0 Å². The van der Waals surface area contributed by atoms with Gasteiger partial charge in [0.05, 0.1) is 6.10 Å². The number of para-hydroxylation sites is 1. The van der Waals surface area contributed by atoms with Gasteiger partial charge in [-0.05, 0) is 44.1 Å². The number of benzene rings is 1. The highest BCUT2D eigenvalue weighted by Gasteiger charge is 2.44. The highest BCUT2D eigenvalue weighted by molar-refractivity contribution is 5.85. The summed E-state index contributed by atoms with van der Waals surface area (Å²) in [7, 11) is 0. The van der Waals surface area contributed by atoms with E-state index in [1.165, 1.54) is 56.2 Å². The molecule has 0 amide bonds. The minimum atomic E-state index is -0.0223. The van der Waals surface area contributed by atoms with Crippen molar-refractivity contribution in [2.24, 2.45) is 11.8 Å². The summed E-state index contributed by atoms with van der Waals surface area (Å²) in [6, 6.07) is 9.32. The average molecular weight is 380 g/mol. The number of fused-ring (bicyclic) bond motifs is 3. The van der Waals surface area contributed by atoms with Gasteiger partial charge in [0, 0.05) is 29.8 Å². The quantitative estimate of drug-likeness (QED) is 0.627. The zero-order valence-corrected chi connectivity index (χ0v) is 16.8. The monoisotopic (exact) mass is 379 g/mol. The first-order valence-electron chi connectivity index (χ1n) is 10.5. The highest BCUT2D eigenvalue weighted by Crippen LogP contribution is 2.48. The topological polar surface area (TPSA) is 30.5 Å². The van der Waals surface area contributed by atoms with E-state index in [-0.39, 0.29) is 24.8 Å². The Labute approximate surface area is 164 Å². The van der Waals surface area contributed by atoms with Crippen molar-refractivity contribution in [2.75, 3.05) is 11.9 Å². The van der Waals surface area contributed by atoms with Crippen LogP contribution < -0.4 is 5.32 Å². The van der Waals surface area contributed by atoms with E-state index in [9.17, 15) is 0 Å². The van der Waals surface area contributed by atoms with Crippen LogP contribution in [0.2, 0.25) is 0 Å². The second-order valence-corrected chi connectivity index (χ2v) is 8.11. The third-order valence-corrected chi connectivity index (χ3v) is 6.43. The molecule has 0 radical (unpaired) electrons. The van der Waals surface area contributed by atoms with Crippen molar-refractivity contribution in [1.29, 1.82) is 0 Å². The van der Waals surface area contributed by atoms with Crippen molar-refractivity contribution in [2.45, 2.75) is 83.1 Å². The number of halogens is 1. The molecule has 4 heteroatoms. The Bertz CT molecular complexity index is 561. The molecular weight excluding hydrogens is 346 g/mol. The molecule has 1 aromatic carbocycles. The van der Waals surface area contributed by atoms with Crippen LogP contribution in [0.1, 0.15) is 76.4 Å². The molecule has 4 atom stereocenters. The van der Waals surface area contributed by atoms with Gasteiger partial charge in [-0.3, -0.25) is 0 Å². The fourth-order valence-corrected chi connectivity index (χ4v) is 5.09. The number of anilines is 1. The summed E-state index contributed by atoms with van der Waals surface area (Å²) in [5.41, 5.74) is 2.62. The van der Waals surface area contributed by atoms with Crippen LogP contribution in [-0.2, 0) is 9.47 Å². The normalized spacial score (nSPS) is 31.3. The van der Waals surface area contributed by atoms with Crippen LogP contribution in [0.5, 0.6) is 0 Å². The second kappa shape index (κ2) is 9.43. The standard InChI is InChI=1S/C22H33NO2.ClH/c1-2-3-15-24-20-14-13-18-21(16-9-5-4-6-10-16)23-19-12-8-7-11-17(19)22(18)25-20;/h7-8,11-12,16,18,20-23H,2-6,9-10,13-15H2,1H3;1H. The summed E-state index contributed by atoms with van der Waals surface area (Å²) in [6.45, 7) is 3.03. The zero-order valence-electron chi connectivity index (χ0n) is 16.0. The van der Waals surface area contributed by atoms with Crippen molar-refractivity contribution >= 4 is 18.1 Å². The van der Waals surface area contributed by atoms with Crippen LogP contribution in [0, 0.1) is 11.8 Å². The number of ether oxygens (including phenoxy) is 2. The summed E-state index contributed by atoms with van der Waals surface area (Å²) in [5.74, 6) is 1.39. The molecule has 1 aromatic rings. The predicted octanol–water partition coefficient (Wildman–Crippen LogP) is 6.09. The van der Waals surface area contributed by atoms with E-state index < -0.39 is 0 Å². The molecular formula is C22H34ClNO2. The van der Waals surface area contributed by atoms with Crippen molar-refractivity contribution in [3.63, 3.8) is 0 Å². The van der Waals surface area contributed by atoms with Gasteiger partial charge < -0.3 is 14.8 Å². The summed E-state index contributed by atoms with van der Waals surface area (Å²) in [6.07, 6.45) is 11.7. The lowest BCUT2D eigenvalue weighted by Gasteiger charge is -2.48. The van der Waals surface area contributed by atoms with Gasteiger partial charge in [0.2, 0.25) is 0 Å². The van der Waals surface area contributed by atoms with E-state index in [4.69, 9.17) is 9.47 Å². The van der Waals surface area contributed by atoms with Gasteiger partial charge in [0.25, 0.3) is 0 Å². The summed E-state index contributed by atoms with van der Waals surface area (Å²) in [5, 5.41) is 3.91. The molecule has 4 rings (SSSR count). The van der Waals surface area contributed by atoms with E-state index in [1.54, 1.807) is 0 Å². The molecule has 0 spiro atoms. The Morgan fingerprint density at radius 1 is 1.08 bits per heavy atom. The largest absolute Gasteiger partial charge is 0.381 e. The molecule has 0 aromatic heterocycles. The Balaban J connectivity index is 0.00000196. The first-order chi connectivity index (χ1) is 12.4. The summed E-state index contributed by atoms with van der Waals surface area (Å²) < 4.78 is 12.5. The van der Waals surface area contributed by atoms with Gasteiger partial charge in [-0.1, -0.05) is 50.8 Å². The third-order valence-electron chi connectivity index (χ3n) is 6.43. The molecule has 146 valence electrons. The van der Waals surface area contributed by atoms with Crippen molar-refractivity contribution < 1.29 is 9.47 Å². The van der Waals surface area contributed by atoms with Gasteiger partial charge in [0.15, 0.2) is 6.29 Å².